The molecular weight excluding hydrogens is 384 g/mol. The molecule has 144 valence electrons. The monoisotopic (exact) mass is 402 g/mol. The molecule has 1 N–H and O–H groups in total. The fourth-order valence-electron chi connectivity index (χ4n) is 2.71. The Morgan fingerprint density at radius 2 is 2.03 bits per heavy atom. The zero-order valence-electron chi connectivity index (χ0n) is 15.7. The predicted molar refractivity (Wildman–Crippen MR) is 113 cm³/mol. The van der Waals surface area contributed by atoms with Crippen molar-refractivity contribution in [1.82, 2.24) is 15.0 Å². The Bertz CT molecular complexity index is 1110. The number of pyridine rings is 2. The van der Waals surface area contributed by atoms with Crippen LogP contribution in [0.2, 0.25) is 0 Å². The van der Waals surface area contributed by atoms with Crippen molar-refractivity contribution in [3.63, 3.8) is 0 Å². The van der Waals surface area contributed by atoms with Crippen LogP contribution in [0.1, 0.15) is 20.9 Å². The molecule has 7 heteroatoms. The molecule has 0 bridgehead atoms. The third kappa shape index (κ3) is 4.64. The van der Waals surface area contributed by atoms with Crippen molar-refractivity contribution in [2.45, 2.75) is 13.5 Å². The second kappa shape index (κ2) is 8.62. The first-order chi connectivity index (χ1) is 14.2. The summed E-state index contributed by atoms with van der Waals surface area (Å²) >= 11 is 1.33. The molecule has 0 aliphatic rings. The van der Waals surface area contributed by atoms with Gasteiger partial charge in [0.1, 0.15) is 22.2 Å². The van der Waals surface area contributed by atoms with Crippen molar-refractivity contribution in [2.75, 3.05) is 5.32 Å². The van der Waals surface area contributed by atoms with E-state index in [0.717, 1.165) is 16.3 Å². The fraction of sp³-hybridized carbons (Fsp3) is 0.0909. The van der Waals surface area contributed by atoms with E-state index in [1.807, 2.05) is 55.5 Å². The molecule has 4 rings (SSSR count). The Kier molecular flexibility index (Phi) is 5.58. The summed E-state index contributed by atoms with van der Waals surface area (Å²) in [5.41, 5.74) is 3.07. The molecule has 0 aliphatic heterocycles. The van der Waals surface area contributed by atoms with Gasteiger partial charge in [0.15, 0.2) is 0 Å². The van der Waals surface area contributed by atoms with E-state index >= 15 is 0 Å². The van der Waals surface area contributed by atoms with Crippen LogP contribution in [-0.2, 0) is 6.61 Å². The zero-order valence-corrected chi connectivity index (χ0v) is 16.5. The standard InChI is InChI=1S/C22H18N4O2S/c1-15-20(29-22(25-15)19-9-2-3-11-24-19)21(27)26-17-7-4-8-18(12-17)28-14-16-6-5-10-23-13-16/h2-13H,14H2,1H3,(H,26,27). The van der Waals surface area contributed by atoms with E-state index in [-0.39, 0.29) is 5.91 Å². The Balaban J connectivity index is 1.45. The molecule has 0 aliphatic carbocycles. The number of nitrogens with one attached hydrogen (secondary N) is 1. The number of aryl methyl sites for hydroxylation is 1. The predicted octanol–water partition coefficient (Wildman–Crippen LogP) is 4.74. The number of aromatic nitrogens is 3. The van der Waals surface area contributed by atoms with Crippen LogP contribution in [0.15, 0.2) is 73.2 Å². The van der Waals surface area contributed by atoms with Crippen LogP contribution in [0.25, 0.3) is 10.7 Å². The lowest BCUT2D eigenvalue weighted by Crippen LogP contribution is -2.11. The summed E-state index contributed by atoms with van der Waals surface area (Å²) in [4.78, 5) is 26.2. The molecular formula is C22H18N4O2S. The van der Waals surface area contributed by atoms with Crippen molar-refractivity contribution in [3.05, 3.63) is 89.3 Å². The van der Waals surface area contributed by atoms with Crippen molar-refractivity contribution >= 4 is 22.9 Å². The van der Waals surface area contributed by atoms with Gasteiger partial charge in [-0.05, 0) is 37.3 Å². The van der Waals surface area contributed by atoms with Gasteiger partial charge in [-0.1, -0.05) is 18.2 Å². The quantitative estimate of drug-likeness (QED) is 0.504. The van der Waals surface area contributed by atoms with Gasteiger partial charge in [0.25, 0.3) is 5.91 Å². The molecule has 1 aromatic carbocycles. The average molecular weight is 402 g/mol. The Hall–Kier alpha value is -3.58. The van der Waals surface area contributed by atoms with E-state index in [2.05, 4.69) is 20.3 Å². The van der Waals surface area contributed by atoms with Gasteiger partial charge in [-0.2, -0.15) is 0 Å². The molecule has 29 heavy (non-hydrogen) atoms. The van der Waals surface area contributed by atoms with Gasteiger partial charge >= 0.3 is 0 Å². The number of thiazole rings is 1. The maximum absolute atomic E-state index is 12.8. The first-order valence-electron chi connectivity index (χ1n) is 9.01. The smallest absolute Gasteiger partial charge is 0.267 e. The summed E-state index contributed by atoms with van der Waals surface area (Å²) in [7, 11) is 0. The van der Waals surface area contributed by atoms with Gasteiger partial charge < -0.3 is 10.1 Å². The molecule has 0 saturated carbocycles. The number of hydrogen-bond acceptors (Lipinski definition) is 6. The third-order valence-corrected chi connectivity index (χ3v) is 5.29. The van der Waals surface area contributed by atoms with E-state index in [1.54, 1.807) is 24.7 Å². The summed E-state index contributed by atoms with van der Waals surface area (Å²) in [6, 6.07) is 16.8. The highest BCUT2D eigenvalue weighted by Gasteiger charge is 2.17. The van der Waals surface area contributed by atoms with Gasteiger partial charge in [-0.3, -0.25) is 14.8 Å². The highest BCUT2D eigenvalue weighted by molar-refractivity contribution is 7.17. The molecule has 0 saturated heterocycles. The number of anilines is 1. The van der Waals surface area contributed by atoms with E-state index < -0.39 is 0 Å². The van der Waals surface area contributed by atoms with Crippen LogP contribution in [0, 0.1) is 6.92 Å². The zero-order chi connectivity index (χ0) is 20.1. The highest BCUT2D eigenvalue weighted by atomic mass is 32.1. The Labute approximate surface area is 172 Å². The van der Waals surface area contributed by atoms with E-state index in [0.29, 0.717) is 28.6 Å². The van der Waals surface area contributed by atoms with Gasteiger partial charge in [0, 0.05) is 35.9 Å². The first kappa shape index (κ1) is 18.8. The SMILES string of the molecule is Cc1nc(-c2ccccn2)sc1C(=O)Nc1cccc(OCc2cccnc2)c1. The summed E-state index contributed by atoms with van der Waals surface area (Å²) in [5.74, 6) is 0.466. The number of amides is 1. The molecule has 1 amide bonds. The number of benzene rings is 1. The van der Waals surface area contributed by atoms with Crippen LogP contribution in [0.4, 0.5) is 5.69 Å². The average Bonchev–Trinajstić information content (AvgIpc) is 3.16. The molecule has 0 fully saturated rings. The Morgan fingerprint density at radius 1 is 1.10 bits per heavy atom. The first-order valence-corrected chi connectivity index (χ1v) is 9.82. The molecule has 0 atom stereocenters. The van der Waals surface area contributed by atoms with Crippen LogP contribution in [0.5, 0.6) is 5.75 Å². The van der Waals surface area contributed by atoms with Crippen LogP contribution in [0.3, 0.4) is 0 Å². The summed E-state index contributed by atoms with van der Waals surface area (Å²) in [6.45, 7) is 2.23. The summed E-state index contributed by atoms with van der Waals surface area (Å²) < 4.78 is 5.80. The van der Waals surface area contributed by atoms with Gasteiger partial charge in [-0.15, -0.1) is 11.3 Å². The van der Waals surface area contributed by atoms with Crippen LogP contribution < -0.4 is 10.1 Å². The van der Waals surface area contributed by atoms with Crippen LogP contribution >= 0.6 is 11.3 Å². The Morgan fingerprint density at radius 3 is 2.83 bits per heavy atom. The van der Waals surface area contributed by atoms with Crippen LogP contribution in [-0.4, -0.2) is 20.9 Å². The minimum absolute atomic E-state index is 0.202. The van der Waals surface area contributed by atoms with Gasteiger partial charge in [0.2, 0.25) is 0 Å². The minimum Gasteiger partial charge on any atom is -0.489 e. The maximum Gasteiger partial charge on any atom is 0.267 e. The molecule has 6 nitrogen and oxygen atoms in total. The normalized spacial score (nSPS) is 10.5. The molecule has 4 aromatic rings. The molecule has 0 unspecified atom stereocenters. The number of hydrogen-bond donors (Lipinski definition) is 1. The molecule has 0 spiro atoms. The molecule has 0 radical (unpaired) electrons. The lowest BCUT2D eigenvalue weighted by atomic mass is 10.2. The number of carbonyl (C=O) groups excluding carboxylic acids is 1. The largest absolute Gasteiger partial charge is 0.489 e. The fourth-order valence-corrected chi connectivity index (χ4v) is 3.65. The number of carbonyl (C=O) groups is 1. The van der Waals surface area contributed by atoms with Gasteiger partial charge in [-0.25, -0.2) is 4.98 Å². The van der Waals surface area contributed by atoms with E-state index in [4.69, 9.17) is 4.74 Å². The number of ether oxygens (including phenoxy) is 1. The van der Waals surface area contributed by atoms with E-state index in [1.165, 1.54) is 11.3 Å². The second-order valence-electron chi connectivity index (χ2n) is 6.28. The highest BCUT2D eigenvalue weighted by Crippen LogP contribution is 2.27. The molecule has 3 aromatic heterocycles. The lowest BCUT2D eigenvalue weighted by molar-refractivity contribution is 0.103. The second-order valence-corrected chi connectivity index (χ2v) is 7.28. The van der Waals surface area contributed by atoms with Crippen molar-refractivity contribution in [2.24, 2.45) is 0 Å². The summed E-state index contributed by atoms with van der Waals surface area (Å²) in [5, 5.41) is 3.65. The summed E-state index contributed by atoms with van der Waals surface area (Å²) in [6.07, 6.45) is 5.19. The lowest BCUT2D eigenvalue weighted by Gasteiger charge is -2.09. The third-order valence-electron chi connectivity index (χ3n) is 4.11. The van der Waals surface area contributed by atoms with Gasteiger partial charge in [0.05, 0.1) is 11.4 Å². The van der Waals surface area contributed by atoms with E-state index in [9.17, 15) is 4.79 Å². The maximum atomic E-state index is 12.8. The van der Waals surface area contributed by atoms with Crippen molar-refractivity contribution in [1.29, 1.82) is 0 Å². The van der Waals surface area contributed by atoms with Crippen molar-refractivity contribution in [3.8, 4) is 16.5 Å². The number of nitrogens with zero attached hydrogens (tertiary/aromatic N) is 3. The topological polar surface area (TPSA) is 77.0 Å². The molecule has 3 heterocycles. The minimum atomic E-state index is -0.202. The number of rotatable bonds is 6. The van der Waals surface area contributed by atoms with Crippen molar-refractivity contribution < 1.29 is 9.53 Å².